The number of furan rings is 1. The standard InChI is InChI=1S/C14H20N4O2.HI/c1-4-15-14(16-9-12-7-8-19-18-12)17-11(3)13-6-5-10(2)20-13;/h5-8,11H,4,9H2,1-3H3,(H2,15,16,17);1H. The summed E-state index contributed by atoms with van der Waals surface area (Å²) in [5.41, 5.74) is 0.795. The van der Waals surface area contributed by atoms with E-state index in [-0.39, 0.29) is 30.0 Å². The van der Waals surface area contributed by atoms with Gasteiger partial charge < -0.3 is 19.6 Å². The first-order chi connectivity index (χ1) is 9.69. The first-order valence-electron chi connectivity index (χ1n) is 6.69. The van der Waals surface area contributed by atoms with Gasteiger partial charge in [-0.25, -0.2) is 4.99 Å². The van der Waals surface area contributed by atoms with Crippen LogP contribution >= 0.6 is 24.0 Å². The lowest BCUT2D eigenvalue weighted by Gasteiger charge is -2.15. The van der Waals surface area contributed by atoms with Crippen molar-refractivity contribution in [2.45, 2.75) is 33.4 Å². The van der Waals surface area contributed by atoms with Gasteiger partial charge in [0.05, 0.1) is 12.6 Å². The number of nitrogens with zero attached hydrogens (tertiary/aromatic N) is 2. The summed E-state index contributed by atoms with van der Waals surface area (Å²) in [6.07, 6.45) is 1.54. The largest absolute Gasteiger partial charge is 0.464 e. The van der Waals surface area contributed by atoms with E-state index in [1.165, 1.54) is 0 Å². The highest BCUT2D eigenvalue weighted by Gasteiger charge is 2.11. The van der Waals surface area contributed by atoms with Gasteiger partial charge in [-0.1, -0.05) is 5.16 Å². The van der Waals surface area contributed by atoms with Gasteiger partial charge in [0.1, 0.15) is 23.5 Å². The molecule has 1 unspecified atom stereocenters. The number of guanidine groups is 1. The van der Waals surface area contributed by atoms with Gasteiger partial charge in [0, 0.05) is 12.6 Å². The first-order valence-corrected chi connectivity index (χ1v) is 6.69. The van der Waals surface area contributed by atoms with Crippen LogP contribution < -0.4 is 10.6 Å². The Morgan fingerprint density at radius 1 is 1.38 bits per heavy atom. The van der Waals surface area contributed by atoms with Crippen molar-refractivity contribution < 1.29 is 8.94 Å². The smallest absolute Gasteiger partial charge is 0.192 e. The number of aryl methyl sites for hydroxylation is 1. The summed E-state index contributed by atoms with van der Waals surface area (Å²) in [7, 11) is 0. The summed E-state index contributed by atoms with van der Waals surface area (Å²) in [5.74, 6) is 2.50. The molecule has 0 aliphatic heterocycles. The highest BCUT2D eigenvalue weighted by Crippen LogP contribution is 2.15. The Hall–Kier alpha value is -1.51. The van der Waals surface area contributed by atoms with Crippen LogP contribution in [0.3, 0.4) is 0 Å². The molecule has 6 nitrogen and oxygen atoms in total. The van der Waals surface area contributed by atoms with Gasteiger partial charge in [0.15, 0.2) is 5.96 Å². The summed E-state index contributed by atoms with van der Waals surface area (Å²) in [5, 5.41) is 10.3. The molecule has 0 aromatic carbocycles. The minimum Gasteiger partial charge on any atom is -0.464 e. The Balaban J connectivity index is 0.00000220. The van der Waals surface area contributed by atoms with Crippen LogP contribution in [0.4, 0.5) is 0 Å². The molecule has 0 fully saturated rings. The molecule has 0 saturated carbocycles. The molecule has 0 spiro atoms. The number of hydrogen-bond acceptors (Lipinski definition) is 4. The normalized spacial score (nSPS) is 12.6. The van der Waals surface area contributed by atoms with E-state index >= 15 is 0 Å². The molecule has 2 N–H and O–H groups in total. The highest BCUT2D eigenvalue weighted by molar-refractivity contribution is 14.0. The maximum absolute atomic E-state index is 5.60. The van der Waals surface area contributed by atoms with Crippen molar-refractivity contribution in [2.75, 3.05) is 6.54 Å². The molecular formula is C14H21IN4O2. The molecular weight excluding hydrogens is 383 g/mol. The van der Waals surface area contributed by atoms with E-state index in [1.54, 1.807) is 12.3 Å². The van der Waals surface area contributed by atoms with Crippen LogP contribution in [-0.4, -0.2) is 17.7 Å². The molecule has 0 amide bonds. The van der Waals surface area contributed by atoms with E-state index in [0.717, 1.165) is 29.7 Å². The van der Waals surface area contributed by atoms with Gasteiger partial charge in [-0.2, -0.15) is 0 Å². The lowest BCUT2D eigenvalue weighted by Crippen LogP contribution is -2.38. The molecule has 21 heavy (non-hydrogen) atoms. The quantitative estimate of drug-likeness (QED) is 0.455. The number of aliphatic imine (C=N–C) groups is 1. The van der Waals surface area contributed by atoms with Crippen molar-refractivity contribution >= 4 is 29.9 Å². The summed E-state index contributed by atoms with van der Waals surface area (Å²) >= 11 is 0. The average molecular weight is 404 g/mol. The third-order valence-corrected chi connectivity index (χ3v) is 2.78. The number of rotatable bonds is 5. The van der Waals surface area contributed by atoms with Gasteiger partial charge in [-0.3, -0.25) is 0 Å². The SMILES string of the molecule is CCNC(=NCc1ccon1)NC(C)c1ccc(C)o1.I. The van der Waals surface area contributed by atoms with Crippen LogP contribution in [0.15, 0.2) is 38.4 Å². The van der Waals surface area contributed by atoms with Gasteiger partial charge in [0.2, 0.25) is 0 Å². The van der Waals surface area contributed by atoms with Crippen LogP contribution in [0.25, 0.3) is 0 Å². The average Bonchev–Trinajstić information content (AvgIpc) is 3.07. The second kappa shape index (κ2) is 8.71. The van der Waals surface area contributed by atoms with E-state index in [0.29, 0.717) is 6.54 Å². The third-order valence-electron chi connectivity index (χ3n) is 2.78. The highest BCUT2D eigenvalue weighted by atomic mass is 127. The Morgan fingerprint density at radius 2 is 2.19 bits per heavy atom. The van der Waals surface area contributed by atoms with Crippen molar-refractivity contribution in [3.63, 3.8) is 0 Å². The predicted molar refractivity (Wildman–Crippen MR) is 91.7 cm³/mol. The molecule has 2 aromatic rings. The van der Waals surface area contributed by atoms with E-state index in [9.17, 15) is 0 Å². The van der Waals surface area contributed by atoms with E-state index in [1.807, 2.05) is 32.9 Å². The zero-order chi connectivity index (χ0) is 14.4. The lowest BCUT2D eigenvalue weighted by atomic mass is 10.2. The Morgan fingerprint density at radius 3 is 2.76 bits per heavy atom. The molecule has 0 aliphatic rings. The molecule has 0 saturated heterocycles. The number of nitrogens with one attached hydrogen (secondary N) is 2. The Kier molecular flexibility index (Phi) is 7.27. The summed E-state index contributed by atoms with van der Waals surface area (Å²) in [6.45, 7) is 7.24. The zero-order valence-electron chi connectivity index (χ0n) is 12.4. The molecule has 1 atom stereocenters. The number of halogens is 1. The van der Waals surface area contributed by atoms with Crippen LogP contribution in [0.1, 0.15) is 37.1 Å². The summed E-state index contributed by atoms with van der Waals surface area (Å²) in [6, 6.07) is 5.76. The van der Waals surface area contributed by atoms with Crippen molar-refractivity contribution in [1.29, 1.82) is 0 Å². The van der Waals surface area contributed by atoms with Gasteiger partial charge in [-0.15, -0.1) is 24.0 Å². The van der Waals surface area contributed by atoms with E-state index in [2.05, 4.69) is 20.8 Å². The summed E-state index contributed by atoms with van der Waals surface area (Å²) < 4.78 is 10.4. The molecule has 116 valence electrons. The molecule has 2 aromatic heterocycles. The Bertz CT molecular complexity index is 551. The van der Waals surface area contributed by atoms with Gasteiger partial charge >= 0.3 is 0 Å². The van der Waals surface area contributed by atoms with Crippen molar-refractivity contribution in [3.05, 3.63) is 41.7 Å². The monoisotopic (exact) mass is 404 g/mol. The maximum atomic E-state index is 5.60. The van der Waals surface area contributed by atoms with E-state index in [4.69, 9.17) is 8.94 Å². The number of hydrogen-bond donors (Lipinski definition) is 2. The molecule has 0 radical (unpaired) electrons. The fraction of sp³-hybridized carbons (Fsp3) is 0.429. The summed E-state index contributed by atoms with van der Waals surface area (Å²) in [4.78, 5) is 4.46. The first kappa shape index (κ1) is 17.5. The fourth-order valence-corrected chi connectivity index (χ4v) is 1.76. The minimum atomic E-state index is 0. The predicted octanol–water partition coefficient (Wildman–Crippen LogP) is 3.01. The third kappa shape index (κ3) is 5.41. The van der Waals surface area contributed by atoms with Crippen LogP contribution in [-0.2, 0) is 6.54 Å². The van der Waals surface area contributed by atoms with Crippen molar-refractivity contribution in [2.24, 2.45) is 4.99 Å². The van der Waals surface area contributed by atoms with Gasteiger partial charge in [-0.05, 0) is 32.9 Å². The molecule has 2 rings (SSSR count). The second-order valence-corrected chi connectivity index (χ2v) is 4.50. The molecule has 7 heteroatoms. The second-order valence-electron chi connectivity index (χ2n) is 4.50. The van der Waals surface area contributed by atoms with Gasteiger partial charge in [0.25, 0.3) is 0 Å². The Labute approximate surface area is 141 Å². The topological polar surface area (TPSA) is 75.6 Å². The van der Waals surface area contributed by atoms with E-state index < -0.39 is 0 Å². The van der Waals surface area contributed by atoms with Crippen LogP contribution in [0, 0.1) is 6.92 Å². The molecule has 0 aliphatic carbocycles. The van der Waals surface area contributed by atoms with Crippen molar-refractivity contribution in [1.82, 2.24) is 15.8 Å². The van der Waals surface area contributed by atoms with Crippen molar-refractivity contribution in [3.8, 4) is 0 Å². The zero-order valence-corrected chi connectivity index (χ0v) is 14.8. The lowest BCUT2D eigenvalue weighted by molar-refractivity contribution is 0.412. The molecule has 0 bridgehead atoms. The minimum absolute atomic E-state index is 0. The fourth-order valence-electron chi connectivity index (χ4n) is 1.76. The number of aromatic nitrogens is 1. The molecule has 2 heterocycles. The van der Waals surface area contributed by atoms with Crippen LogP contribution in [0.5, 0.6) is 0 Å². The van der Waals surface area contributed by atoms with Crippen LogP contribution in [0.2, 0.25) is 0 Å². The maximum Gasteiger partial charge on any atom is 0.192 e.